The van der Waals surface area contributed by atoms with Gasteiger partial charge < -0.3 is 4.74 Å². The van der Waals surface area contributed by atoms with Crippen molar-refractivity contribution in [1.29, 1.82) is 0 Å². The molecule has 3 heteroatoms. The smallest absolute Gasteiger partial charge is 0.137 e. The second kappa shape index (κ2) is 5.67. The molecule has 0 N–H and O–H groups in total. The highest BCUT2D eigenvalue weighted by Gasteiger charge is 2.25. The SMILES string of the molecule is CCC1CCCCC1Oc1ccncc1Br. The van der Waals surface area contributed by atoms with Gasteiger partial charge in [0, 0.05) is 12.4 Å². The van der Waals surface area contributed by atoms with E-state index < -0.39 is 0 Å². The molecule has 2 atom stereocenters. The maximum absolute atomic E-state index is 6.10. The third-order valence-corrected chi connectivity index (χ3v) is 3.97. The van der Waals surface area contributed by atoms with Crippen LogP contribution in [0.3, 0.4) is 0 Å². The monoisotopic (exact) mass is 283 g/mol. The van der Waals surface area contributed by atoms with Gasteiger partial charge in [0.15, 0.2) is 0 Å². The summed E-state index contributed by atoms with van der Waals surface area (Å²) in [6.45, 7) is 2.26. The van der Waals surface area contributed by atoms with Gasteiger partial charge in [0.1, 0.15) is 11.9 Å². The number of rotatable bonds is 3. The molecular weight excluding hydrogens is 266 g/mol. The molecule has 0 saturated heterocycles. The van der Waals surface area contributed by atoms with Gasteiger partial charge in [-0.1, -0.05) is 13.3 Å². The molecular formula is C13H18BrNO. The molecule has 2 unspecified atom stereocenters. The highest BCUT2D eigenvalue weighted by atomic mass is 79.9. The lowest BCUT2D eigenvalue weighted by atomic mass is 9.85. The van der Waals surface area contributed by atoms with Crippen molar-refractivity contribution in [2.75, 3.05) is 0 Å². The van der Waals surface area contributed by atoms with Crippen LogP contribution in [-0.4, -0.2) is 11.1 Å². The molecule has 1 aromatic heterocycles. The molecule has 1 aliphatic rings. The van der Waals surface area contributed by atoms with Gasteiger partial charge in [0.25, 0.3) is 0 Å². The fraction of sp³-hybridized carbons (Fsp3) is 0.615. The minimum atomic E-state index is 0.387. The fourth-order valence-corrected chi connectivity index (χ4v) is 2.76. The van der Waals surface area contributed by atoms with Crippen molar-refractivity contribution < 1.29 is 4.74 Å². The van der Waals surface area contributed by atoms with Crippen LogP contribution in [0.1, 0.15) is 39.0 Å². The lowest BCUT2D eigenvalue weighted by Crippen LogP contribution is -2.30. The van der Waals surface area contributed by atoms with Gasteiger partial charge in [-0.3, -0.25) is 4.98 Å². The first-order valence-corrected chi connectivity index (χ1v) is 6.86. The Morgan fingerprint density at radius 2 is 2.25 bits per heavy atom. The molecule has 2 nitrogen and oxygen atoms in total. The first-order chi connectivity index (χ1) is 7.81. The number of hydrogen-bond donors (Lipinski definition) is 0. The summed E-state index contributed by atoms with van der Waals surface area (Å²) in [5, 5.41) is 0. The summed E-state index contributed by atoms with van der Waals surface area (Å²) >= 11 is 3.48. The lowest BCUT2D eigenvalue weighted by Gasteiger charge is -2.31. The Balaban J connectivity index is 2.05. The third-order valence-electron chi connectivity index (χ3n) is 3.38. The first-order valence-electron chi connectivity index (χ1n) is 6.07. The lowest BCUT2D eigenvalue weighted by molar-refractivity contribution is 0.0895. The summed E-state index contributed by atoms with van der Waals surface area (Å²) in [7, 11) is 0. The van der Waals surface area contributed by atoms with Crippen LogP contribution in [0, 0.1) is 5.92 Å². The third kappa shape index (κ3) is 2.76. The molecule has 1 heterocycles. The number of pyridine rings is 1. The molecule has 1 fully saturated rings. The number of aromatic nitrogens is 1. The van der Waals surface area contributed by atoms with Gasteiger partial charge in [-0.05, 0) is 53.6 Å². The Morgan fingerprint density at radius 3 is 3.00 bits per heavy atom. The Morgan fingerprint density at radius 1 is 1.44 bits per heavy atom. The maximum atomic E-state index is 6.10. The molecule has 1 aromatic rings. The van der Waals surface area contributed by atoms with Crippen molar-refractivity contribution in [3.63, 3.8) is 0 Å². The number of ether oxygens (including phenoxy) is 1. The summed E-state index contributed by atoms with van der Waals surface area (Å²) in [5.41, 5.74) is 0. The van der Waals surface area contributed by atoms with E-state index in [1.165, 1.54) is 32.1 Å². The molecule has 0 bridgehead atoms. The number of halogens is 1. The van der Waals surface area contributed by atoms with Gasteiger partial charge in [-0.25, -0.2) is 0 Å². The zero-order valence-electron chi connectivity index (χ0n) is 9.66. The van der Waals surface area contributed by atoms with Crippen molar-refractivity contribution >= 4 is 15.9 Å². The van der Waals surface area contributed by atoms with Gasteiger partial charge in [-0.2, -0.15) is 0 Å². The van der Waals surface area contributed by atoms with E-state index in [0.29, 0.717) is 12.0 Å². The standard InChI is InChI=1S/C13H18BrNO/c1-2-10-5-3-4-6-12(10)16-13-7-8-15-9-11(13)14/h7-10,12H,2-6H2,1H3. The first kappa shape index (κ1) is 11.9. The van der Waals surface area contributed by atoms with Crippen LogP contribution in [0.5, 0.6) is 5.75 Å². The minimum Gasteiger partial charge on any atom is -0.489 e. The van der Waals surface area contributed by atoms with E-state index in [9.17, 15) is 0 Å². The Kier molecular flexibility index (Phi) is 4.22. The van der Waals surface area contributed by atoms with Crippen molar-refractivity contribution in [2.45, 2.75) is 45.1 Å². The average Bonchev–Trinajstić information content (AvgIpc) is 2.33. The zero-order chi connectivity index (χ0) is 11.4. The van der Waals surface area contributed by atoms with Crippen LogP contribution in [0.15, 0.2) is 22.9 Å². The Bertz CT molecular complexity index is 342. The predicted molar refractivity (Wildman–Crippen MR) is 68.6 cm³/mol. The summed E-state index contributed by atoms with van der Waals surface area (Å²) in [5.74, 6) is 1.65. The largest absolute Gasteiger partial charge is 0.489 e. The number of nitrogens with zero attached hydrogens (tertiary/aromatic N) is 1. The highest BCUT2D eigenvalue weighted by Crippen LogP contribution is 2.32. The minimum absolute atomic E-state index is 0.387. The van der Waals surface area contributed by atoms with E-state index >= 15 is 0 Å². The van der Waals surface area contributed by atoms with E-state index in [-0.39, 0.29) is 0 Å². The molecule has 1 saturated carbocycles. The van der Waals surface area contributed by atoms with Crippen LogP contribution < -0.4 is 4.74 Å². The molecule has 1 aliphatic carbocycles. The molecule has 0 aromatic carbocycles. The Hall–Kier alpha value is -0.570. The van der Waals surface area contributed by atoms with Crippen molar-refractivity contribution in [2.24, 2.45) is 5.92 Å². The van der Waals surface area contributed by atoms with Crippen LogP contribution >= 0.6 is 15.9 Å². The van der Waals surface area contributed by atoms with Crippen molar-refractivity contribution in [3.05, 3.63) is 22.9 Å². The maximum Gasteiger partial charge on any atom is 0.137 e. The molecule has 0 aliphatic heterocycles. The molecule has 2 rings (SSSR count). The van der Waals surface area contributed by atoms with E-state index in [1.807, 2.05) is 6.07 Å². The van der Waals surface area contributed by atoms with Crippen molar-refractivity contribution in [1.82, 2.24) is 4.98 Å². The fourth-order valence-electron chi connectivity index (χ4n) is 2.42. The normalized spacial score (nSPS) is 25.4. The summed E-state index contributed by atoms with van der Waals surface area (Å²) in [4.78, 5) is 4.05. The van der Waals surface area contributed by atoms with E-state index in [2.05, 4.69) is 27.8 Å². The second-order valence-corrected chi connectivity index (χ2v) is 5.27. The summed E-state index contributed by atoms with van der Waals surface area (Å²) in [6.07, 6.45) is 10.3. The van der Waals surface area contributed by atoms with Gasteiger partial charge in [0.2, 0.25) is 0 Å². The molecule has 88 valence electrons. The quantitative estimate of drug-likeness (QED) is 0.830. The van der Waals surface area contributed by atoms with Gasteiger partial charge in [-0.15, -0.1) is 0 Å². The van der Waals surface area contributed by atoms with Crippen molar-refractivity contribution in [3.8, 4) is 5.75 Å². The molecule has 0 spiro atoms. The average molecular weight is 284 g/mol. The zero-order valence-corrected chi connectivity index (χ0v) is 11.2. The van der Waals surface area contributed by atoms with Crippen LogP contribution in [-0.2, 0) is 0 Å². The van der Waals surface area contributed by atoms with Gasteiger partial charge in [0.05, 0.1) is 4.47 Å². The predicted octanol–water partition coefficient (Wildman–Crippen LogP) is 4.19. The van der Waals surface area contributed by atoms with E-state index in [0.717, 1.165) is 10.2 Å². The van der Waals surface area contributed by atoms with E-state index in [1.54, 1.807) is 12.4 Å². The van der Waals surface area contributed by atoms with Crippen LogP contribution in [0.2, 0.25) is 0 Å². The Labute approximate surface area is 106 Å². The highest BCUT2D eigenvalue weighted by molar-refractivity contribution is 9.10. The molecule has 16 heavy (non-hydrogen) atoms. The van der Waals surface area contributed by atoms with Crippen LogP contribution in [0.25, 0.3) is 0 Å². The topological polar surface area (TPSA) is 22.1 Å². The van der Waals surface area contributed by atoms with Crippen LogP contribution in [0.4, 0.5) is 0 Å². The molecule has 0 amide bonds. The second-order valence-electron chi connectivity index (χ2n) is 4.42. The van der Waals surface area contributed by atoms with E-state index in [4.69, 9.17) is 4.74 Å². The number of hydrogen-bond acceptors (Lipinski definition) is 2. The van der Waals surface area contributed by atoms with Gasteiger partial charge >= 0.3 is 0 Å². The molecule has 0 radical (unpaired) electrons. The summed E-state index contributed by atoms with van der Waals surface area (Å²) in [6, 6.07) is 1.94. The summed E-state index contributed by atoms with van der Waals surface area (Å²) < 4.78 is 7.06.